The van der Waals surface area contributed by atoms with Gasteiger partial charge in [0.1, 0.15) is 0 Å². The van der Waals surface area contributed by atoms with Crippen LogP contribution in [-0.2, 0) is 0 Å². The molecule has 0 aliphatic rings. The van der Waals surface area contributed by atoms with Crippen LogP contribution in [0.2, 0.25) is 0 Å². The monoisotopic (exact) mass is 292 g/mol. The maximum absolute atomic E-state index is 11.9. The van der Waals surface area contributed by atoms with Gasteiger partial charge in [0, 0.05) is 0 Å². The molecule has 0 radical (unpaired) electrons. The highest BCUT2D eigenvalue weighted by atomic mass is 16.4. The average molecular weight is 292 g/mol. The molecule has 0 spiro atoms. The summed E-state index contributed by atoms with van der Waals surface area (Å²) in [5, 5.41) is 9.57. The average Bonchev–Trinajstić information content (AvgIpc) is 2.54. The van der Waals surface area contributed by atoms with Gasteiger partial charge in [0.25, 0.3) is 5.56 Å². The molecular weight excluding hydrogens is 280 g/mol. The van der Waals surface area contributed by atoms with Gasteiger partial charge in [0.15, 0.2) is 0 Å². The van der Waals surface area contributed by atoms with Crippen LogP contribution in [0.4, 0.5) is 0 Å². The summed E-state index contributed by atoms with van der Waals surface area (Å²) in [7, 11) is 0. The number of aromatic carboxylic acids is 1. The van der Waals surface area contributed by atoms with Crippen molar-refractivity contribution < 1.29 is 9.90 Å². The fourth-order valence-corrected chi connectivity index (χ4v) is 2.22. The van der Waals surface area contributed by atoms with Gasteiger partial charge in [0.2, 0.25) is 0 Å². The van der Waals surface area contributed by atoms with Crippen LogP contribution in [0.1, 0.15) is 21.5 Å². The number of aromatic amines is 1. The summed E-state index contributed by atoms with van der Waals surface area (Å²) in [4.78, 5) is 29.7. The molecule has 108 valence electrons. The number of H-pyrrole nitrogens is 1. The molecule has 3 aromatic rings. The molecule has 0 saturated heterocycles. The summed E-state index contributed by atoms with van der Waals surface area (Å²) in [6.07, 6.45) is 4.83. The molecular formula is C17H12N2O3. The van der Waals surface area contributed by atoms with E-state index in [4.69, 9.17) is 0 Å². The third-order valence-electron chi connectivity index (χ3n) is 3.26. The Morgan fingerprint density at radius 1 is 1.09 bits per heavy atom. The molecule has 0 bridgehead atoms. The Labute approximate surface area is 125 Å². The molecule has 0 aliphatic carbocycles. The summed E-state index contributed by atoms with van der Waals surface area (Å²) in [5.41, 5.74) is 1.46. The smallest absolute Gasteiger partial charge is 0.337 e. The van der Waals surface area contributed by atoms with Gasteiger partial charge in [-0.3, -0.25) is 4.79 Å². The number of carboxylic acids is 1. The zero-order valence-corrected chi connectivity index (χ0v) is 11.5. The lowest BCUT2D eigenvalue weighted by Crippen LogP contribution is -2.10. The van der Waals surface area contributed by atoms with Crippen molar-refractivity contribution in [3.8, 4) is 0 Å². The summed E-state index contributed by atoms with van der Waals surface area (Å²) >= 11 is 0. The van der Waals surface area contributed by atoms with E-state index < -0.39 is 5.97 Å². The topological polar surface area (TPSA) is 83.0 Å². The number of aromatic nitrogens is 2. The number of nitrogens with one attached hydrogen (secondary N) is 1. The van der Waals surface area contributed by atoms with E-state index in [1.807, 2.05) is 36.4 Å². The molecule has 22 heavy (non-hydrogen) atoms. The zero-order chi connectivity index (χ0) is 15.5. The molecule has 0 fully saturated rings. The highest BCUT2D eigenvalue weighted by molar-refractivity contribution is 6.02. The van der Waals surface area contributed by atoms with E-state index >= 15 is 0 Å². The molecule has 0 aliphatic heterocycles. The molecule has 2 aromatic carbocycles. The Morgan fingerprint density at radius 3 is 2.55 bits per heavy atom. The molecule has 0 amide bonds. The van der Waals surface area contributed by atoms with E-state index in [2.05, 4.69) is 9.97 Å². The van der Waals surface area contributed by atoms with Crippen molar-refractivity contribution >= 4 is 29.0 Å². The number of benzene rings is 2. The van der Waals surface area contributed by atoms with Gasteiger partial charge >= 0.3 is 5.97 Å². The summed E-state index contributed by atoms with van der Waals surface area (Å²) in [6, 6.07) is 12.8. The highest BCUT2D eigenvalue weighted by Gasteiger charge is 2.12. The lowest BCUT2D eigenvalue weighted by atomic mass is 10.0. The predicted octanol–water partition coefficient (Wildman–Crippen LogP) is 2.79. The van der Waals surface area contributed by atoms with Crippen molar-refractivity contribution in [3.05, 3.63) is 75.8 Å². The van der Waals surface area contributed by atoms with Crippen LogP contribution in [0.25, 0.3) is 23.1 Å². The molecule has 1 aromatic heterocycles. The predicted molar refractivity (Wildman–Crippen MR) is 84.7 cm³/mol. The first-order chi connectivity index (χ1) is 10.6. The minimum absolute atomic E-state index is 0.0105. The van der Waals surface area contributed by atoms with Crippen LogP contribution < -0.4 is 5.56 Å². The van der Waals surface area contributed by atoms with Crippen molar-refractivity contribution in [1.82, 2.24) is 9.97 Å². The lowest BCUT2D eigenvalue weighted by molar-refractivity contribution is 0.0699. The first-order valence-electron chi connectivity index (χ1n) is 6.63. The van der Waals surface area contributed by atoms with E-state index in [9.17, 15) is 14.7 Å². The van der Waals surface area contributed by atoms with Gasteiger partial charge < -0.3 is 10.1 Å². The number of rotatable bonds is 3. The van der Waals surface area contributed by atoms with E-state index in [1.165, 1.54) is 12.4 Å². The molecule has 0 unspecified atom stereocenters. The Kier molecular flexibility index (Phi) is 3.53. The second kappa shape index (κ2) is 5.65. The van der Waals surface area contributed by atoms with E-state index in [-0.39, 0.29) is 22.0 Å². The Hall–Kier alpha value is -3.21. The van der Waals surface area contributed by atoms with Gasteiger partial charge in [-0.2, -0.15) is 0 Å². The van der Waals surface area contributed by atoms with Crippen LogP contribution in [0.15, 0.2) is 53.6 Å². The molecule has 5 heteroatoms. The van der Waals surface area contributed by atoms with E-state index in [1.54, 1.807) is 12.1 Å². The van der Waals surface area contributed by atoms with E-state index in [0.717, 1.165) is 5.56 Å². The minimum atomic E-state index is -1.11. The van der Waals surface area contributed by atoms with Crippen molar-refractivity contribution in [1.29, 1.82) is 0 Å². The Bertz CT molecular complexity index is 928. The first kappa shape index (κ1) is 13.8. The third-order valence-corrected chi connectivity index (χ3v) is 3.26. The normalized spacial score (nSPS) is 11.1. The fraction of sp³-hybridized carbons (Fsp3) is 0. The van der Waals surface area contributed by atoms with Crippen molar-refractivity contribution in [2.45, 2.75) is 0 Å². The minimum Gasteiger partial charge on any atom is -0.478 e. The molecule has 3 rings (SSSR count). The second-order valence-electron chi connectivity index (χ2n) is 4.75. The summed E-state index contributed by atoms with van der Waals surface area (Å²) < 4.78 is 0. The van der Waals surface area contributed by atoms with Crippen LogP contribution in [0.5, 0.6) is 0 Å². The number of hydrogen-bond acceptors (Lipinski definition) is 3. The first-order valence-corrected chi connectivity index (χ1v) is 6.63. The van der Waals surface area contributed by atoms with Crippen LogP contribution in [0, 0.1) is 0 Å². The fourth-order valence-electron chi connectivity index (χ4n) is 2.22. The number of hydrogen-bond donors (Lipinski definition) is 2. The number of fused-ring (bicyclic) bond motifs is 1. The van der Waals surface area contributed by atoms with Crippen molar-refractivity contribution in [2.24, 2.45) is 0 Å². The largest absolute Gasteiger partial charge is 0.478 e. The molecule has 0 saturated carbocycles. The standard InChI is InChI=1S/C17H12N2O3/c20-16-13-8-12(7-6-11-4-2-1-3-5-11)9-14(17(21)22)15(13)18-10-19-16/h1-10H,(H,21,22)(H,18,19,20)/b7-6+. The highest BCUT2D eigenvalue weighted by Crippen LogP contribution is 2.18. The van der Waals surface area contributed by atoms with Crippen LogP contribution >= 0.6 is 0 Å². The van der Waals surface area contributed by atoms with E-state index in [0.29, 0.717) is 5.56 Å². The number of nitrogens with zero attached hydrogens (tertiary/aromatic N) is 1. The van der Waals surface area contributed by atoms with Crippen molar-refractivity contribution in [2.75, 3.05) is 0 Å². The maximum atomic E-state index is 11.9. The van der Waals surface area contributed by atoms with Gasteiger partial charge in [-0.05, 0) is 23.3 Å². The lowest BCUT2D eigenvalue weighted by Gasteiger charge is -2.03. The molecule has 5 nitrogen and oxygen atoms in total. The van der Waals surface area contributed by atoms with Crippen LogP contribution in [-0.4, -0.2) is 21.0 Å². The summed E-state index contributed by atoms with van der Waals surface area (Å²) in [5.74, 6) is -1.11. The second-order valence-corrected chi connectivity index (χ2v) is 4.75. The number of carboxylic acid groups (broad SMARTS) is 1. The van der Waals surface area contributed by atoms with Gasteiger partial charge in [-0.15, -0.1) is 0 Å². The van der Waals surface area contributed by atoms with Gasteiger partial charge in [-0.25, -0.2) is 9.78 Å². The third kappa shape index (κ3) is 2.64. The number of carbonyl (C=O) groups is 1. The summed E-state index contributed by atoms with van der Waals surface area (Å²) in [6.45, 7) is 0. The zero-order valence-electron chi connectivity index (χ0n) is 11.5. The quantitative estimate of drug-likeness (QED) is 0.727. The molecule has 1 heterocycles. The maximum Gasteiger partial charge on any atom is 0.337 e. The SMILES string of the molecule is O=C(O)c1cc(/C=C/c2ccccc2)cc2c(=O)[nH]cnc12. The Balaban J connectivity index is 2.15. The molecule has 2 N–H and O–H groups in total. The van der Waals surface area contributed by atoms with Crippen LogP contribution in [0.3, 0.4) is 0 Å². The van der Waals surface area contributed by atoms with Gasteiger partial charge in [0.05, 0.1) is 22.8 Å². The molecule has 0 atom stereocenters. The Morgan fingerprint density at radius 2 is 1.82 bits per heavy atom. The van der Waals surface area contributed by atoms with Crippen molar-refractivity contribution in [3.63, 3.8) is 0 Å². The van der Waals surface area contributed by atoms with Gasteiger partial charge in [-0.1, -0.05) is 42.5 Å².